The molecular formula is C23H22N2O3. The second-order valence-electron chi connectivity index (χ2n) is 8.10. The Morgan fingerprint density at radius 2 is 1.71 bits per heavy atom. The first kappa shape index (κ1) is 17.2. The largest absolute Gasteiger partial charge is 0.490 e. The predicted molar refractivity (Wildman–Crippen MR) is 107 cm³/mol. The Labute approximate surface area is 163 Å². The first-order chi connectivity index (χ1) is 13.5. The van der Waals surface area contributed by atoms with E-state index in [1.54, 1.807) is 6.21 Å². The number of benzene rings is 2. The van der Waals surface area contributed by atoms with Crippen LogP contribution < -0.4 is 4.74 Å². The predicted octanol–water partition coefficient (Wildman–Crippen LogP) is 3.77. The van der Waals surface area contributed by atoms with Crippen molar-refractivity contribution in [3.8, 4) is 5.75 Å². The zero-order chi connectivity index (χ0) is 19.4. The summed E-state index contributed by atoms with van der Waals surface area (Å²) < 4.78 is 5.95. The van der Waals surface area contributed by atoms with Crippen molar-refractivity contribution in [2.45, 2.75) is 26.4 Å². The first-order valence-corrected chi connectivity index (χ1v) is 9.83. The number of hydrazone groups is 1. The number of fused-ring (bicyclic) bond motifs is 6. The Balaban J connectivity index is 1.52. The highest BCUT2D eigenvalue weighted by Gasteiger charge is 2.59. The summed E-state index contributed by atoms with van der Waals surface area (Å²) in [4.78, 5) is 25.7. The molecule has 28 heavy (non-hydrogen) atoms. The maximum Gasteiger partial charge on any atom is 0.254 e. The molecule has 0 spiro atoms. The van der Waals surface area contributed by atoms with Gasteiger partial charge in [0.15, 0.2) is 0 Å². The number of hydrogen-bond acceptors (Lipinski definition) is 4. The van der Waals surface area contributed by atoms with Gasteiger partial charge in [0, 0.05) is 5.56 Å². The van der Waals surface area contributed by atoms with Gasteiger partial charge < -0.3 is 4.74 Å². The number of nitrogens with zero attached hydrogens (tertiary/aromatic N) is 2. The second kappa shape index (κ2) is 6.30. The summed E-state index contributed by atoms with van der Waals surface area (Å²) in [6.07, 6.45) is 6.70. The summed E-state index contributed by atoms with van der Waals surface area (Å²) in [5.41, 5.74) is 0.783. The highest BCUT2D eigenvalue weighted by Crippen LogP contribution is 2.52. The molecule has 0 unspecified atom stereocenters. The molecule has 0 aromatic heterocycles. The van der Waals surface area contributed by atoms with E-state index in [9.17, 15) is 9.59 Å². The molecule has 1 saturated heterocycles. The van der Waals surface area contributed by atoms with Crippen LogP contribution in [0, 0.1) is 23.7 Å². The molecule has 0 N–H and O–H groups in total. The molecule has 2 aromatic carbocycles. The van der Waals surface area contributed by atoms with Crippen LogP contribution in [0.4, 0.5) is 0 Å². The van der Waals surface area contributed by atoms with E-state index in [4.69, 9.17) is 4.74 Å². The molecule has 2 fully saturated rings. The Morgan fingerprint density at radius 3 is 2.39 bits per heavy atom. The van der Waals surface area contributed by atoms with Crippen LogP contribution in [0.1, 0.15) is 25.8 Å². The van der Waals surface area contributed by atoms with E-state index in [2.05, 4.69) is 17.3 Å². The SMILES string of the molecule is CC(C)Oc1ccc2ccccc2c1C=NN1C(=O)[C@@H]2[C@H](C1=O)[C@H]1C=C[C@H]2C1. The molecule has 2 aromatic rings. The maximum absolute atomic E-state index is 12.9. The lowest BCUT2D eigenvalue weighted by molar-refractivity contribution is -0.140. The fraction of sp³-hybridized carbons (Fsp3) is 0.348. The van der Waals surface area contributed by atoms with E-state index in [0.717, 1.165) is 27.8 Å². The third kappa shape index (κ3) is 2.49. The van der Waals surface area contributed by atoms with Crippen LogP contribution in [-0.4, -0.2) is 29.1 Å². The van der Waals surface area contributed by atoms with Gasteiger partial charge in [-0.2, -0.15) is 10.1 Å². The third-order valence-electron chi connectivity index (χ3n) is 6.04. The van der Waals surface area contributed by atoms with Crippen LogP contribution in [0.15, 0.2) is 53.7 Å². The molecule has 142 valence electrons. The summed E-state index contributed by atoms with van der Waals surface area (Å²) in [6.45, 7) is 3.93. The zero-order valence-electron chi connectivity index (χ0n) is 15.9. The van der Waals surface area contributed by atoms with Crippen molar-refractivity contribution < 1.29 is 14.3 Å². The van der Waals surface area contributed by atoms with Gasteiger partial charge in [0.05, 0.1) is 24.2 Å². The standard InChI is InChI=1S/C23H22N2O3/c1-13(2)28-19-10-9-14-5-3-4-6-17(14)18(19)12-24-25-22(26)20-15-7-8-16(11-15)21(20)23(25)27/h3-10,12-13,15-16,20-21H,11H2,1-2H3/t15-,16-,20-,21+/m0/s1. The van der Waals surface area contributed by atoms with Gasteiger partial charge in [-0.1, -0.05) is 42.5 Å². The van der Waals surface area contributed by atoms with Gasteiger partial charge in [0.25, 0.3) is 11.8 Å². The van der Waals surface area contributed by atoms with Gasteiger partial charge in [-0.25, -0.2) is 0 Å². The Bertz CT molecular complexity index is 1010. The molecule has 1 aliphatic heterocycles. The van der Waals surface area contributed by atoms with Crippen molar-refractivity contribution in [3.05, 3.63) is 54.1 Å². The van der Waals surface area contributed by atoms with Gasteiger partial charge in [-0.05, 0) is 48.9 Å². The van der Waals surface area contributed by atoms with E-state index >= 15 is 0 Å². The van der Waals surface area contributed by atoms with Crippen molar-refractivity contribution in [2.24, 2.45) is 28.8 Å². The van der Waals surface area contributed by atoms with Gasteiger partial charge in [-0.3, -0.25) is 9.59 Å². The average molecular weight is 374 g/mol. The summed E-state index contributed by atoms with van der Waals surface area (Å²) in [5.74, 6) is 0.244. The fourth-order valence-corrected chi connectivity index (χ4v) is 4.88. The molecule has 2 amide bonds. The van der Waals surface area contributed by atoms with Crippen molar-refractivity contribution in [2.75, 3.05) is 0 Å². The lowest BCUT2D eigenvalue weighted by atomic mass is 9.85. The van der Waals surface area contributed by atoms with Gasteiger partial charge >= 0.3 is 0 Å². The lowest BCUT2D eigenvalue weighted by Gasteiger charge is -2.15. The van der Waals surface area contributed by atoms with Crippen LogP contribution >= 0.6 is 0 Å². The number of ether oxygens (including phenoxy) is 1. The van der Waals surface area contributed by atoms with Crippen LogP contribution in [0.3, 0.4) is 0 Å². The highest BCUT2D eigenvalue weighted by molar-refractivity contribution is 6.08. The van der Waals surface area contributed by atoms with E-state index in [-0.39, 0.29) is 41.6 Å². The molecule has 5 nitrogen and oxygen atoms in total. The van der Waals surface area contributed by atoms with Crippen molar-refractivity contribution >= 4 is 28.8 Å². The number of hydrogen-bond donors (Lipinski definition) is 0. The van der Waals surface area contributed by atoms with Gasteiger partial charge in [0.2, 0.25) is 0 Å². The number of carbonyl (C=O) groups is 2. The summed E-state index contributed by atoms with van der Waals surface area (Å²) in [5, 5.41) is 7.47. The Hall–Kier alpha value is -2.95. The lowest BCUT2D eigenvalue weighted by Crippen LogP contribution is -2.28. The minimum Gasteiger partial charge on any atom is -0.490 e. The molecule has 1 heterocycles. The summed E-state index contributed by atoms with van der Waals surface area (Å²) >= 11 is 0. The highest BCUT2D eigenvalue weighted by atomic mass is 16.5. The average Bonchev–Trinajstić information content (AvgIpc) is 3.35. The number of allylic oxidation sites excluding steroid dienone is 2. The number of amides is 2. The van der Waals surface area contributed by atoms with Crippen molar-refractivity contribution in [1.82, 2.24) is 5.01 Å². The molecule has 3 aliphatic rings. The normalized spacial score (nSPS) is 28.3. The molecule has 2 aliphatic carbocycles. The Morgan fingerprint density at radius 1 is 1.04 bits per heavy atom. The fourth-order valence-electron chi connectivity index (χ4n) is 4.88. The number of imide groups is 1. The van der Waals surface area contributed by atoms with Gasteiger partial charge in [-0.15, -0.1) is 0 Å². The number of carbonyl (C=O) groups excluding carboxylic acids is 2. The quantitative estimate of drug-likeness (QED) is 0.465. The molecule has 1 saturated carbocycles. The zero-order valence-corrected chi connectivity index (χ0v) is 15.9. The molecule has 0 radical (unpaired) electrons. The second-order valence-corrected chi connectivity index (χ2v) is 8.10. The van der Waals surface area contributed by atoms with E-state index in [1.165, 1.54) is 0 Å². The topological polar surface area (TPSA) is 59.0 Å². The van der Waals surface area contributed by atoms with E-state index < -0.39 is 0 Å². The molecule has 5 rings (SSSR count). The first-order valence-electron chi connectivity index (χ1n) is 9.83. The molecule has 4 atom stereocenters. The van der Waals surface area contributed by atoms with Crippen LogP contribution in [0.2, 0.25) is 0 Å². The van der Waals surface area contributed by atoms with Gasteiger partial charge in [0.1, 0.15) is 5.75 Å². The Kier molecular flexibility index (Phi) is 3.86. The third-order valence-corrected chi connectivity index (χ3v) is 6.04. The minimum absolute atomic E-state index is 0.00409. The van der Waals surface area contributed by atoms with Crippen molar-refractivity contribution in [1.29, 1.82) is 0 Å². The molecular weight excluding hydrogens is 352 g/mol. The van der Waals surface area contributed by atoms with Crippen LogP contribution in [-0.2, 0) is 9.59 Å². The summed E-state index contributed by atoms with van der Waals surface area (Å²) in [6, 6.07) is 11.9. The molecule has 2 bridgehead atoms. The van der Waals surface area contributed by atoms with Crippen LogP contribution in [0.5, 0.6) is 5.75 Å². The van der Waals surface area contributed by atoms with Crippen molar-refractivity contribution in [3.63, 3.8) is 0 Å². The maximum atomic E-state index is 12.9. The van der Waals surface area contributed by atoms with E-state index in [0.29, 0.717) is 5.75 Å². The smallest absolute Gasteiger partial charge is 0.254 e. The summed E-state index contributed by atoms with van der Waals surface area (Å²) in [7, 11) is 0. The van der Waals surface area contributed by atoms with E-state index in [1.807, 2.05) is 50.2 Å². The monoisotopic (exact) mass is 374 g/mol. The minimum atomic E-state index is -0.237. The number of rotatable bonds is 4. The van der Waals surface area contributed by atoms with Crippen LogP contribution in [0.25, 0.3) is 10.8 Å². The molecule has 5 heteroatoms.